The van der Waals surface area contributed by atoms with Crippen LogP contribution in [0.2, 0.25) is 0 Å². The van der Waals surface area contributed by atoms with Gasteiger partial charge in [0.15, 0.2) is 5.58 Å². The molecule has 8 heteroatoms. The minimum Gasteiger partial charge on any atom is -0.463 e. The summed E-state index contributed by atoms with van der Waals surface area (Å²) in [4.78, 5) is 23.0. The number of aromatic amines is 1. The second kappa shape index (κ2) is 3.79. The molecule has 0 aliphatic rings. The third-order valence-electron chi connectivity index (χ3n) is 1.89. The fourth-order valence-corrected chi connectivity index (χ4v) is 1.53. The molecule has 0 aliphatic heterocycles. The van der Waals surface area contributed by atoms with Crippen LogP contribution >= 0.6 is 7.82 Å². The van der Waals surface area contributed by atoms with Gasteiger partial charge in [-0.2, -0.15) is 0 Å². The average molecular weight is 245 g/mol. The van der Waals surface area contributed by atoms with Gasteiger partial charge in [-0.15, -0.1) is 0 Å². The van der Waals surface area contributed by atoms with Crippen LogP contribution in [0.3, 0.4) is 0 Å². The summed E-state index contributed by atoms with van der Waals surface area (Å²) >= 11 is 0. The van der Waals surface area contributed by atoms with Gasteiger partial charge in [-0.05, 0) is 0 Å². The van der Waals surface area contributed by atoms with Crippen LogP contribution in [0.5, 0.6) is 0 Å². The maximum Gasteiger partial charge on any atom is 0.529 e. The van der Waals surface area contributed by atoms with E-state index in [1.165, 1.54) is 12.3 Å². The zero-order chi connectivity index (χ0) is 11.8. The maximum atomic E-state index is 11.4. The van der Waals surface area contributed by atoms with E-state index in [0.717, 1.165) is 7.11 Å². The van der Waals surface area contributed by atoms with Gasteiger partial charge in [0.05, 0.1) is 11.8 Å². The molecule has 0 bridgehead atoms. The molecule has 0 saturated heterocycles. The molecule has 0 spiro atoms. The summed E-state index contributed by atoms with van der Waals surface area (Å²) in [6.07, 6.45) is 1.45. The van der Waals surface area contributed by atoms with Crippen molar-refractivity contribution in [1.82, 2.24) is 4.98 Å². The summed E-state index contributed by atoms with van der Waals surface area (Å²) in [6, 6.07) is 2.98. The van der Waals surface area contributed by atoms with E-state index in [9.17, 15) is 9.36 Å². The number of rotatable bonds is 3. The van der Waals surface area contributed by atoms with Crippen molar-refractivity contribution in [3.05, 3.63) is 24.1 Å². The van der Waals surface area contributed by atoms with Gasteiger partial charge in [0, 0.05) is 19.2 Å². The van der Waals surface area contributed by atoms with Crippen molar-refractivity contribution >= 4 is 24.9 Å². The first-order chi connectivity index (χ1) is 7.52. The quantitative estimate of drug-likeness (QED) is 0.797. The Balaban J connectivity index is 2.22. The molecule has 2 aromatic rings. The van der Waals surface area contributed by atoms with E-state index in [1.807, 2.05) is 0 Å². The number of aromatic nitrogens is 1. The Kier molecular flexibility index (Phi) is 2.59. The summed E-state index contributed by atoms with van der Waals surface area (Å²) < 4.78 is 24.3. The SMILES string of the molecule is COP(=O)(O)OC(=O)c1cc2occc2[nH]1. The first-order valence-corrected chi connectivity index (χ1v) is 5.70. The molecule has 86 valence electrons. The molecule has 2 heterocycles. The third kappa shape index (κ3) is 2.01. The number of phosphoric ester groups is 1. The summed E-state index contributed by atoms with van der Waals surface area (Å²) in [5.74, 6) is -0.987. The molecule has 0 radical (unpaired) electrons. The van der Waals surface area contributed by atoms with Gasteiger partial charge >= 0.3 is 13.8 Å². The van der Waals surface area contributed by atoms with Crippen molar-refractivity contribution in [3.8, 4) is 0 Å². The van der Waals surface area contributed by atoms with Gasteiger partial charge in [0.2, 0.25) is 0 Å². The normalized spacial score (nSPS) is 14.9. The van der Waals surface area contributed by atoms with E-state index >= 15 is 0 Å². The lowest BCUT2D eigenvalue weighted by atomic mass is 10.4. The van der Waals surface area contributed by atoms with Crippen molar-refractivity contribution in [2.75, 3.05) is 7.11 Å². The van der Waals surface area contributed by atoms with Crippen LogP contribution in [-0.4, -0.2) is 23.0 Å². The van der Waals surface area contributed by atoms with E-state index in [-0.39, 0.29) is 5.69 Å². The second-order valence-electron chi connectivity index (χ2n) is 2.91. The van der Waals surface area contributed by atoms with Crippen LogP contribution in [0.15, 0.2) is 22.8 Å². The topological polar surface area (TPSA) is 102 Å². The maximum absolute atomic E-state index is 11.4. The minimum absolute atomic E-state index is 0.0145. The number of carbonyl (C=O) groups is 1. The van der Waals surface area contributed by atoms with Gasteiger partial charge in [-0.3, -0.25) is 9.42 Å². The number of hydrogen-bond donors (Lipinski definition) is 2. The molecule has 16 heavy (non-hydrogen) atoms. The van der Waals surface area contributed by atoms with Gasteiger partial charge in [0.25, 0.3) is 0 Å². The van der Waals surface area contributed by atoms with Crippen molar-refractivity contribution in [1.29, 1.82) is 0 Å². The van der Waals surface area contributed by atoms with Crippen LogP contribution in [0.25, 0.3) is 11.1 Å². The highest BCUT2D eigenvalue weighted by molar-refractivity contribution is 7.48. The molecule has 2 aromatic heterocycles. The van der Waals surface area contributed by atoms with Crippen LogP contribution in [0.1, 0.15) is 10.5 Å². The van der Waals surface area contributed by atoms with Crippen molar-refractivity contribution in [2.45, 2.75) is 0 Å². The second-order valence-corrected chi connectivity index (χ2v) is 4.40. The molecular formula is C8H8NO6P. The van der Waals surface area contributed by atoms with Crippen molar-refractivity contribution < 1.29 is 27.7 Å². The molecule has 0 fully saturated rings. The van der Waals surface area contributed by atoms with Gasteiger partial charge in [-0.25, -0.2) is 9.36 Å². The average Bonchev–Trinajstić information content (AvgIpc) is 2.75. The smallest absolute Gasteiger partial charge is 0.463 e. The number of nitrogens with one attached hydrogen (secondary N) is 1. The lowest BCUT2D eigenvalue weighted by Gasteiger charge is -2.07. The summed E-state index contributed by atoms with van der Waals surface area (Å²) in [5, 5.41) is 0. The number of hydrogen-bond acceptors (Lipinski definition) is 5. The van der Waals surface area contributed by atoms with Crippen LogP contribution < -0.4 is 0 Å². The lowest BCUT2D eigenvalue weighted by molar-refractivity contribution is 0.0656. The standard InChI is InChI=1S/C8H8NO6P/c1-13-16(11,12)15-8(10)6-4-7-5(9-6)2-3-14-7/h2-4,9H,1H3,(H,11,12). The molecule has 1 atom stereocenters. The molecule has 0 aliphatic carbocycles. The Labute approximate surface area is 89.6 Å². The first-order valence-electron chi connectivity index (χ1n) is 4.20. The number of furan rings is 1. The molecular weight excluding hydrogens is 237 g/mol. The fraction of sp³-hybridized carbons (Fsp3) is 0.125. The van der Waals surface area contributed by atoms with Crippen molar-refractivity contribution in [3.63, 3.8) is 0 Å². The molecule has 2 N–H and O–H groups in total. The number of fused-ring (bicyclic) bond motifs is 1. The highest BCUT2D eigenvalue weighted by Gasteiger charge is 2.26. The largest absolute Gasteiger partial charge is 0.529 e. The van der Waals surface area contributed by atoms with E-state index in [4.69, 9.17) is 9.31 Å². The summed E-state index contributed by atoms with van der Waals surface area (Å²) in [5.41, 5.74) is 1.06. The minimum atomic E-state index is -4.32. The number of H-pyrrole nitrogens is 1. The van der Waals surface area contributed by atoms with Crippen molar-refractivity contribution in [2.24, 2.45) is 0 Å². The van der Waals surface area contributed by atoms with E-state index in [0.29, 0.717) is 11.1 Å². The van der Waals surface area contributed by atoms with Crippen LogP contribution in [0, 0.1) is 0 Å². The zero-order valence-corrected chi connectivity index (χ0v) is 9.06. The van der Waals surface area contributed by atoms with E-state index in [1.54, 1.807) is 6.07 Å². The zero-order valence-electron chi connectivity index (χ0n) is 8.17. The molecule has 0 aromatic carbocycles. The molecule has 0 amide bonds. The van der Waals surface area contributed by atoms with Crippen LogP contribution in [-0.2, 0) is 13.6 Å². The predicted molar refractivity (Wildman–Crippen MR) is 52.8 cm³/mol. The highest BCUT2D eigenvalue weighted by atomic mass is 31.2. The third-order valence-corrected chi connectivity index (χ3v) is 2.75. The highest BCUT2D eigenvalue weighted by Crippen LogP contribution is 2.42. The first kappa shape index (κ1) is 10.9. The monoisotopic (exact) mass is 245 g/mol. The fourth-order valence-electron chi connectivity index (χ4n) is 1.15. The summed E-state index contributed by atoms with van der Waals surface area (Å²) in [6.45, 7) is 0. The Morgan fingerprint density at radius 3 is 3.00 bits per heavy atom. The van der Waals surface area contributed by atoms with Gasteiger partial charge < -0.3 is 13.9 Å². The molecule has 0 saturated carbocycles. The lowest BCUT2D eigenvalue weighted by Crippen LogP contribution is -2.04. The number of phosphoric acid groups is 1. The van der Waals surface area contributed by atoms with Gasteiger partial charge in [0.1, 0.15) is 5.69 Å². The molecule has 2 rings (SSSR count). The Morgan fingerprint density at radius 2 is 2.38 bits per heavy atom. The molecule has 1 unspecified atom stereocenters. The summed E-state index contributed by atoms with van der Waals surface area (Å²) in [7, 11) is -3.35. The van der Waals surface area contributed by atoms with Crippen LogP contribution in [0.4, 0.5) is 0 Å². The Morgan fingerprint density at radius 1 is 1.62 bits per heavy atom. The van der Waals surface area contributed by atoms with E-state index in [2.05, 4.69) is 14.0 Å². The Bertz CT molecular complexity index is 541. The predicted octanol–water partition coefficient (Wildman–Crippen LogP) is 1.66. The van der Waals surface area contributed by atoms with E-state index < -0.39 is 13.8 Å². The van der Waals surface area contributed by atoms with Gasteiger partial charge in [-0.1, -0.05) is 0 Å². The number of carbonyl (C=O) groups excluding carboxylic acids is 1. The Hall–Kier alpha value is -1.56. The molecule has 7 nitrogen and oxygen atoms in total.